The third-order valence-corrected chi connectivity index (χ3v) is 5.62. The van der Waals surface area contributed by atoms with E-state index in [0.29, 0.717) is 36.5 Å². The molecule has 0 bridgehead atoms. The van der Waals surface area contributed by atoms with Crippen molar-refractivity contribution in [3.63, 3.8) is 0 Å². The molecular formula is C21H23F2N5O3. The average Bonchev–Trinajstić information content (AvgIpc) is 3.30. The van der Waals surface area contributed by atoms with Crippen LogP contribution < -0.4 is 14.8 Å². The van der Waals surface area contributed by atoms with Crippen LogP contribution >= 0.6 is 0 Å². The molecule has 3 aromatic rings. The lowest BCUT2D eigenvalue weighted by Gasteiger charge is -2.25. The summed E-state index contributed by atoms with van der Waals surface area (Å²) >= 11 is 0. The summed E-state index contributed by atoms with van der Waals surface area (Å²) in [5, 5.41) is 10.2. The summed E-state index contributed by atoms with van der Waals surface area (Å²) in [6, 6.07) is 1.21. The molecule has 1 unspecified atom stereocenters. The van der Waals surface area contributed by atoms with E-state index in [1.54, 1.807) is 10.9 Å². The zero-order valence-corrected chi connectivity index (χ0v) is 17.7. The minimum absolute atomic E-state index is 0.0440. The second-order valence-corrected chi connectivity index (χ2v) is 7.53. The van der Waals surface area contributed by atoms with E-state index in [9.17, 15) is 13.6 Å². The first-order valence-electron chi connectivity index (χ1n) is 9.80. The lowest BCUT2D eigenvalue weighted by molar-refractivity contribution is -0.114. The van der Waals surface area contributed by atoms with Crippen LogP contribution in [0.2, 0.25) is 0 Å². The van der Waals surface area contributed by atoms with Crippen molar-refractivity contribution < 1.29 is 23.0 Å². The Kier molecular flexibility index (Phi) is 5.38. The Balaban J connectivity index is 1.72. The van der Waals surface area contributed by atoms with Crippen molar-refractivity contribution in [2.75, 3.05) is 19.5 Å². The molecule has 0 saturated heterocycles. The van der Waals surface area contributed by atoms with Gasteiger partial charge >= 0.3 is 0 Å². The molecule has 1 aromatic carbocycles. The van der Waals surface area contributed by atoms with Crippen LogP contribution in [0.15, 0.2) is 12.4 Å². The fraction of sp³-hybridized carbons (Fsp3) is 0.381. The van der Waals surface area contributed by atoms with Gasteiger partial charge in [-0.15, -0.1) is 0 Å². The molecule has 31 heavy (non-hydrogen) atoms. The third-order valence-electron chi connectivity index (χ3n) is 5.62. The summed E-state index contributed by atoms with van der Waals surface area (Å²) in [5.74, 6) is -1.77. The van der Waals surface area contributed by atoms with Gasteiger partial charge in [0.05, 0.1) is 20.5 Å². The molecule has 0 aliphatic heterocycles. The standard InChI is InChI=1S/C21H23F2N5O3/c1-10(29)25-21-20(28(2)9-24-21)19-12-6-5-11(7-13(12)26-27-19)16-17(22)14(30-3)8-15(31-4)18(16)23/h8-9,11H,5-7H2,1-4H3,(H,25,29)(H,26,27). The summed E-state index contributed by atoms with van der Waals surface area (Å²) in [4.78, 5) is 15.8. The molecule has 1 atom stereocenters. The Bertz CT molecular complexity index is 1130. The number of aryl methyl sites for hydroxylation is 1. The summed E-state index contributed by atoms with van der Waals surface area (Å²) in [6.07, 6.45) is 3.03. The van der Waals surface area contributed by atoms with Crippen molar-refractivity contribution in [2.24, 2.45) is 7.05 Å². The van der Waals surface area contributed by atoms with E-state index in [0.717, 1.165) is 11.3 Å². The molecular weight excluding hydrogens is 408 g/mol. The number of carbonyl (C=O) groups excluding carboxylic acids is 1. The van der Waals surface area contributed by atoms with Gasteiger partial charge in [0.2, 0.25) is 5.91 Å². The van der Waals surface area contributed by atoms with Crippen LogP contribution in [0.25, 0.3) is 11.4 Å². The van der Waals surface area contributed by atoms with Crippen molar-refractivity contribution in [3.8, 4) is 22.9 Å². The minimum atomic E-state index is -0.714. The molecule has 2 heterocycles. The van der Waals surface area contributed by atoms with Crippen LogP contribution in [0.5, 0.6) is 11.5 Å². The Hall–Kier alpha value is -3.43. The number of hydrogen-bond acceptors (Lipinski definition) is 5. The zero-order chi connectivity index (χ0) is 22.3. The SMILES string of the molecule is COc1cc(OC)c(F)c(C2CCc3c(-c4c(NC(C)=O)ncn4C)n[nH]c3C2)c1F. The smallest absolute Gasteiger partial charge is 0.222 e. The molecule has 4 rings (SSSR count). The van der Waals surface area contributed by atoms with Gasteiger partial charge in [-0.05, 0) is 25.2 Å². The lowest BCUT2D eigenvalue weighted by Crippen LogP contribution is -2.16. The summed E-state index contributed by atoms with van der Waals surface area (Å²) in [5.41, 5.74) is 3.04. The number of amides is 1. The van der Waals surface area contributed by atoms with Gasteiger partial charge in [-0.1, -0.05) is 0 Å². The Labute approximate surface area is 177 Å². The van der Waals surface area contributed by atoms with Crippen LogP contribution in [0.3, 0.4) is 0 Å². The van der Waals surface area contributed by atoms with Gasteiger partial charge < -0.3 is 19.4 Å². The number of nitrogens with zero attached hydrogens (tertiary/aromatic N) is 3. The normalized spacial score (nSPS) is 15.5. The maximum absolute atomic E-state index is 15.0. The van der Waals surface area contributed by atoms with Gasteiger partial charge in [0.15, 0.2) is 29.0 Å². The molecule has 2 aromatic heterocycles. The topological polar surface area (TPSA) is 94.1 Å². The number of H-pyrrole nitrogens is 1. The molecule has 1 aliphatic rings. The molecule has 1 aliphatic carbocycles. The van der Waals surface area contributed by atoms with Crippen LogP contribution in [-0.4, -0.2) is 39.9 Å². The number of aromatic nitrogens is 4. The van der Waals surface area contributed by atoms with E-state index in [4.69, 9.17) is 9.47 Å². The minimum Gasteiger partial charge on any atom is -0.494 e. The number of aromatic amines is 1. The predicted octanol–water partition coefficient (Wildman–Crippen LogP) is 3.34. The molecule has 0 fully saturated rings. The van der Waals surface area contributed by atoms with E-state index in [1.807, 2.05) is 7.05 Å². The quantitative estimate of drug-likeness (QED) is 0.646. The van der Waals surface area contributed by atoms with Gasteiger partial charge in [-0.2, -0.15) is 5.10 Å². The first kappa shape index (κ1) is 20.8. The van der Waals surface area contributed by atoms with Crippen LogP contribution in [0.4, 0.5) is 14.6 Å². The second-order valence-electron chi connectivity index (χ2n) is 7.53. The first-order valence-corrected chi connectivity index (χ1v) is 9.80. The molecule has 164 valence electrons. The largest absolute Gasteiger partial charge is 0.494 e. The van der Waals surface area contributed by atoms with Crippen molar-refractivity contribution in [3.05, 3.63) is 40.8 Å². The number of benzene rings is 1. The van der Waals surface area contributed by atoms with Crippen molar-refractivity contribution in [1.29, 1.82) is 0 Å². The highest BCUT2D eigenvalue weighted by Crippen LogP contribution is 2.42. The zero-order valence-electron chi connectivity index (χ0n) is 17.7. The Morgan fingerprint density at radius 1 is 1.26 bits per heavy atom. The van der Waals surface area contributed by atoms with Crippen LogP contribution in [0, 0.1) is 11.6 Å². The third kappa shape index (κ3) is 3.51. The number of rotatable bonds is 5. The number of halogens is 2. The average molecular weight is 431 g/mol. The predicted molar refractivity (Wildman–Crippen MR) is 109 cm³/mol. The molecule has 2 N–H and O–H groups in total. The Morgan fingerprint density at radius 2 is 1.94 bits per heavy atom. The highest BCUT2D eigenvalue weighted by Gasteiger charge is 2.32. The van der Waals surface area contributed by atoms with E-state index in [2.05, 4.69) is 20.5 Å². The van der Waals surface area contributed by atoms with E-state index in [1.165, 1.54) is 27.2 Å². The molecule has 0 saturated carbocycles. The fourth-order valence-electron chi connectivity index (χ4n) is 4.18. The van der Waals surface area contributed by atoms with Crippen molar-refractivity contribution in [2.45, 2.75) is 32.1 Å². The van der Waals surface area contributed by atoms with Crippen molar-refractivity contribution >= 4 is 11.7 Å². The highest BCUT2D eigenvalue weighted by atomic mass is 19.1. The summed E-state index contributed by atoms with van der Waals surface area (Å²) in [6.45, 7) is 1.41. The van der Waals surface area contributed by atoms with Gasteiger partial charge in [-0.25, -0.2) is 13.8 Å². The maximum atomic E-state index is 15.0. The molecule has 10 heteroatoms. The number of carbonyl (C=O) groups is 1. The second kappa shape index (κ2) is 8.01. The van der Waals surface area contributed by atoms with E-state index < -0.39 is 17.6 Å². The fourth-order valence-corrected chi connectivity index (χ4v) is 4.18. The van der Waals surface area contributed by atoms with Crippen molar-refractivity contribution in [1.82, 2.24) is 19.7 Å². The van der Waals surface area contributed by atoms with Gasteiger partial charge in [-0.3, -0.25) is 9.89 Å². The lowest BCUT2D eigenvalue weighted by atomic mass is 9.81. The number of hydrogen-bond donors (Lipinski definition) is 2. The Morgan fingerprint density at radius 3 is 2.55 bits per heavy atom. The number of ether oxygens (including phenoxy) is 2. The monoisotopic (exact) mass is 431 g/mol. The summed E-state index contributed by atoms with van der Waals surface area (Å²) < 4.78 is 41.9. The van der Waals surface area contributed by atoms with Gasteiger partial charge in [0.25, 0.3) is 0 Å². The molecule has 0 spiro atoms. The number of fused-ring (bicyclic) bond motifs is 1. The molecule has 0 radical (unpaired) electrons. The van der Waals surface area contributed by atoms with Crippen LogP contribution in [-0.2, 0) is 24.7 Å². The number of methoxy groups -OCH3 is 2. The number of nitrogens with one attached hydrogen (secondary N) is 2. The van der Waals surface area contributed by atoms with E-state index >= 15 is 0 Å². The van der Waals surface area contributed by atoms with E-state index in [-0.39, 0.29) is 23.0 Å². The number of imidazole rings is 1. The van der Waals surface area contributed by atoms with Gasteiger partial charge in [0.1, 0.15) is 11.4 Å². The van der Waals surface area contributed by atoms with Gasteiger partial charge in [0, 0.05) is 36.9 Å². The highest BCUT2D eigenvalue weighted by molar-refractivity contribution is 5.91. The maximum Gasteiger partial charge on any atom is 0.222 e. The summed E-state index contributed by atoms with van der Waals surface area (Å²) in [7, 11) is 4.48. The van der Waals surface area contributed by atoms with Crippen LogP contribution in [0.1, 0.15) is 36.1 Å². The first-order chi connectivity index (χ1) is 14.8. The molecule has 1 amide bonds. The molecule has 8 nitrogen and oxygen atoms in total. The number of anilines is 1.